The lowest BCUT2D eigenvalue weighted by Gasteiger charge is -2.18. The molecule has 0 aromatic carbocycles. The summed E-state index contributed by atoms with van der Waals surface area (Å²) in [5.74, 6) is 0.660. The van der Waals surface area contributed by atoms with Crippen LogP contribution in [0, 0.1) is 0 Å². The highest BCUT2D eigenvalue weighted by Gasteiger charge is 2.13. The molecule has 1 amide bonds. The van der Waals surface area contributed by atoms with Crippen LogP contribution in [0.3, 0.4) is 0 Å². The second-order valence-corrected chi connectivity index (χ2v) is 5.13. The van der Waals surface area contributed by atoms with Crippen LogP contribution in [-0.2, 0) is 0 Å². The largest absolute Gasteiger partial charge is 0.344 e. The molecule has 112 valence electrons. The fraction of sp³-hybridized carbons (Fsp3) is 0.667. The fourth-order valence-electron chi connectivity index (χ4n) is 1.84. The molecule has 0 spiro atoms. The Balaban J connectivity index is 2.63. The molecule has 0 radical (unpaired) electrons. The van der Waals surface area contributed by atoms with E-state index in [-0.39, 0.29) is 5.91 Å². The summed E-state index contributed by atoms with van der Waals surface area (Å²) in [5.41, 5.74) is 0.552. The van der Waals surface area contributed by atoms with E-state index in [9.17, 15) is 4.79 Å². The molecule has 5 heteroatoms. The Hall–Kier alpha value is -1.65. The van der Waals surface area contributed by atoms with E-state index in [1.54, 1.807) is 17.3 Å². The van der Waals surface area contributed by atoms with Crippen LogP contribution in [0.4, 0.5) is 5.95 Å². The van der Waals surface area contributed by atoms with Gasteiger partial charge < -0.3 is 9.80 Å². The zero-order chi connectivity index (χ0) is 15.0. The predicted molar refractivity (Wildman–Crippen MR) is 82.1 cm³/mol. The molecule has 5 nitrogen and oxygen atoms in total. The van der Waals surface area contributed by atoms with E-state index in [2.05, 4.69) is 23.8 Å². The van der Waals surface area contributed by atoms with Gasteiger partial charge in [-0.1, -0.05) is 26.7 Å². The molecule has 1 rings (SSSR count). The SMILES string of the molecule is CCCCN(C)C(=O)c1cnc(N(C)CCCC)nc1. The predicted octanol–water partition coefficient (Wildman–Crippen LogP) is 2.59. The van der Waals surface area contributed by atoms with Crippen LogP contribution in [0.5, 0.6) is 0 Å². The van der Waals surface area contributed by atoms with E-state index in [1.807, 2.05) is 19.0 Å². The van der Waals surface area contributed by atoms with Gasteiger partial charge >= 0.3 is 0 Å². The monoisotopic (exact) mass is 278 g/mol. The molecule has 0 atom stereocenters. The lowest BCUT2D eigenvalue weighted by atomic mass is 10.2. The van der Waals surface area contributed by atoms with Crippen molar-refractivity contribution in [3.63, 3.8) is 0 Å². The summed E-state index contributed by atoms with van der Waals surface area (Å²) < 4.78 is 0. The molecule has 0 saturated carbocycles. The van der Waals surface area contributed by atoms with Crippen molar-refractivity contribution in [2.45, 2.75) is 39.5 Å². The molecule has 1 heterocycles. The van der Waals surface area contributed by atoms with Gasteiger partial charge in [0.1, 0.15) is 0 Å². The van der Waals surface area contributed by atoms with Crippen molar-refractivity contribution >= 4 is 11.9 Å². The van der Waals surface area contributed by atoms with Gasteiger partial charge in [0.25, 0.3) is 5.91 Å². The van der Waals surface area contributed by atoms with Crippen molar-refractivity contribution < 1.29 is 4.79 Å². The van der Waals surface area contributed by atoms with Crippen LogP contribution in [0.25, 0.3) is 0 Å². The molecular formula is C15H26N4O. The minimum Gasteiger partial charge on any atom is -0.344 e. The highest BCUT2D eigenvalue weighted by Crippen LogP contribution is 2.08. The molecule has 0 unspecified atom stereocenters. The zero-order valence-electron chi connectivity index (χ0n) is 13.1. The van der Waals surface area contributed by atoms with E-state index >= 15 is 0 Å². The Morgan fingerprint density at radius 1 is 1.05 bits per heavy atom. The maximum Gasteiger partial charge on any atom is 0.256 e. The van der Waals surface area contributed by atoms with Gasteiger partial charge in [0.2, 0.25) is 5.95 Å². The molecule has 0 fully saturated rings. The molecule has 0 bridgehead atoms. The van der Waals surface area contributed by atoms with E-state index in [0.29, 0.717) is 11.5 Å². The lowest BCUT2D eigenvalue weighted by molar-refractivity contribution is 0.0792. The minimum atomic E-state index is -0.0128. The van der Waals surface area contributed by atoms with Gasteiger partial charge in [0, 0.05) is 39.6 Å². The van der Waals surface area contributed by atoms with Crippen LogP contribution in [-0.4, -0.2) is 48.0 Å². The van der Waals surface area contributed by atoms with Crippen LogP contribution in [0.1, 0.15) is 49.9 Å². The molecule has 1 aromatic heterocycles. The van der Waals surface area contributed by atoms with Gasteiger partial charge in [-0.2, -0.15) is 0 Å². The normalized spacial score (nSPS) is 10.4. The lowest BCUT2D eigenvalue weighted by Crippen LogP contribution is -2.28. The number of hydrogen-bond donors (Lipinski definition) is 0. The quantitative estimate of drug-likeness (QED) is 0.733. The summed E-state index contributed by atoms with van der Waals surface area (Å²) >= 11 is 0. The second-order valence-electron chi connectivity index (χ2n) is 5.13. The van der Waals surface area contributed by atoms with Crippen molar-refractivity contribution in [2.75, 3.05) is 32.1 Å². The molecule has 0 saturated heterocycles. The van der Waals surface area contributed by atoms with Crippen LogP contribution < -0.4 is 4.90 Å². The van der Waals surface area contributed by atoms with Crippen LogP contribution in [0.15, 0.2) is 12.4 Å². The summed E-state index contributed by atoms with van der Waals surface area (Å²) in [6.07, 6.45) is 7.59. The molecule has 20 heavy (non-hydrogen) atoms. The highest BCUT2D eigenvalue weighted by molar-refractivity contribution is 5.93. The summed E-state index contributed by atoms with van der Waals surface area (Å²) in [4.78, 5) is 24.4. The maximum atomic E-state index is 12.1. The Morgan fingerprint density at radius 3 is 2.15 bits per heavy atom. The minimum absolute atomic E-state index is 0.0128. The number of carbonyl (C=O) groups is 1. The van der Waals surface area contributed by atoms with E-state index in [1.165, 1.54) is 0 Å². The Morgan fingerprint density at radius 2 is 1.60 bits per heavy atom. The van der Waals surface area contributed by atoms with Crippen LogP contribution >= 0.6 is 0 Å². The van der Waals surface area contributed by atoms with Gasteiger partial charge in [0.15, 0.2) is 0 Å². The van der Waals surface area contributed by atoms with Gasteiger partial charge in [-0.15, -0.1) is 0 Å². The van der Waals surface area contributed by atoms with Crippen molar-refractivity contribution in [3.05, 3.63) is 18.0 Å². The average molecular weight is 278 g/mol. The molecule has 0 aliphatic rings. The number of rotatable bonds is 8. The smallest absolute Gasteiger partial charge is 0.256 e. The topological polar surface area (TPSA) is 49.3 Å². The molecule has 0 aliphatic heterocycles. The zero-order valence-corrected chi connectivity index (χ0v) is 13.1. The third-order valence-corrected chi connectivity index (χ3v) is 3.27. The standard InChI is InChI=1S/C15H26N4O/c1-5-7-9-18(3)14(20)13-11-16-15(17-12-13)19(4)10-8-6-2/h11-12H,5-10H2,1-4H3. The molecule has 0 aliphatic carbocycles. The van der Waals surface area contributed by atoms with E-state index in [4.69, 9.17) is 0 Å². The molecule has 1 aromatic rings. The summed E-state index contributed by atoms with van der Waals surface area (Å²) in [5, 5.41) is 0. The summed E-state index contributed by atoms with van der Waals surface area (Å²) in [6.45, 7) is 5.97. The number of anilines is 1. The van der Waals surface area contributed by atoms with Gasteiger partial charge in [-0.25, -0.2) is 9.97 Å². The van der Waals surface area contributed by atoms with Gasteiger partial charge in [-0.3, -0.25) is 4.79 Å². The van der Waals surface area contributed by atoms with Crippen LogP contribution in [0.2, 0.25) is 0 Å². The van der Waals surface area contributed by atoms with E-state index < -0.39 is 0 Å². The first kappa shape index (κ1) is 16.4. The Kier molecular flexibility index (Phi) is 6.98. The Bertz CT molecular complexity index is 405. The first-order valence-electron chi connectivity index (χ1n) is 7.38. The first-order chi connectivity index (χ1) is 9.60. The van der Waals surface area contributed by atoms with Gasteiger partial charge in [0.05, 0.1) is 5.56 Å². The number of amides is 1. The molecular weight excluding hydrogens is 252 g/mol. The van der Waals surface area contributed by atoms with Crippen molar-refractivity contribution in [1.29, 1.82) is 0 Å². The number of aromatic nitrogens is 2. The third-order valence-electron chi connectivity index (χ3n) is 3.27. The number of carbonyl (C=O) groups excluding carboxylic acids is 1. The number of hydrogen-bond acceptors (Lipinski definition) is 4. The number of unbranched alkanes of at least 4 members (excludes halogenated alkanes) is 2. The van der Waals surface area contributed by atoms with Gasteiger partial charge in [-0.05, 0) is 12.8 Å². The summed E-state index contributed by atoms with van der Waals surface area (Å²) in [6, 6.07) is 0. The highest BCUT2D eigenvalue weighted by atomic mass is 16.2. The fourth-order valence-corrected chi connectivity index (χ4v) is 1.84. The Labute approximate surface area is 122 Å². The number of nitrogens with zero attached hydrogens (tertiary/aromatic N) is 4. The third kappa shape index (κ3) is 4.79. The maximum absolute atomic E-state index is 12.1. The van der Waals surface area contributed by atoms with Crippen molar-refractivity contribution in [2.24, 2.45) is 0 Å². The first-order valence-corrected chi connectivity index (χ1v) is 7.38. The van der Waals surface area contributed by atoms with E-state index in [0.717, 1.165) is 38.8 Å². The van der Waals surface area contributed by atoms with Crippen molar-refractivity contribution in [3.8, 4) is 0 Å². The average Bonchev–Trinajstić information content (AvgIpc) is 2.49. The second kappa shape index (κ2) is 8.51. The molecule has 0 N–H and O–H groups in total. The van der Waals surface area contributed by atoms with Crippen molar-refractivity contribution in [1.82, 2.24) is 14.9 Å². The summed E-state index contributed by atoms with van der Waals surface area (Å²) in [7, 11) is 3.79.